The third-order valence-corrected chi connectivity index (χ3v) is 4.51. The third-order valence-electron chi connectivity index (χ3n) is 4.51. The van der Waals surface area contributed by atoms with Crippen molar-refractivity contribution in [2.24, 2.45) is 0 Å². The van der Waals surface area contributed by atoms with Crippen molar-refractivity contribution in [1.82, 2.24) is 15.2 Å². The van der Waals surface area contributed by atoms with Crippen LogP contribution in [0, 0.1) is 6.92 Å². The Kier molecular flexibility index (Phi) is 4.01. The van der Waals surface area contributed by atoms with Gasteiger partial charge in [-0.05, 0) is 31.4 Å². The predicted octanol–water partition coefficient (Wildman–Crippen LogP) is 1.55. The summed E-state index contributed by atoms with van der Waals surface area (Å²) in [5.74, 6) is -0.0809. The molecule has 0 aromatic carbocycles. The summed E-state index contributed by atoms with van der Waals surface area (Å²) in [7, 11) is 0. The number of nitrogens with one attached hydrogen (secondary N) is 1. The van der Waals surface area contributed by atoms with Crippen molar-refractivity contribution in [3.63, 3.8) is 0 Å². The summed E-state index contributed by atoms with van der Waals surface area (Å²) in [6, 6.07) is 3.63. The number of aryl methyl sites for hydroxylation is 1. The Bertz CT molecular complexity index is 552. The molecular weight excluding hydrogens is 266 g/mol. The van der Waals surface area contributed by atoms with Crippen LogP contribution in [0.15, 0.2) is 18.3 Å². The number of carbonyl (C=O) groups is 2. The molecule has 0 radical (unpaired) electrons. The molecule has 1 aliphatic carbocycles. The lowest BCUT2D eigenvalue weighted by atomic mass is 10.2. The Labute approximate surface area is 124 Å². The second-order valence-electron chi connectivity index (χ2n) is 5.94. The van der Waals surface area contributed by atoms with E-state index in [4.69, 9.17) is 0 Å². The molecule has 112 valence electrons. The van der Waals surface area contributed by atoms with Crippen molar-refractivity contribution in [3.8, 4) is 0 Å². The average Bonchev–Trinajstić information content (AvgIpc) is 3.07. The minimum atomic E-state index is -0.389. The minimum Gasteiger partial charge on any atom is -0.300 e. The highest BCUT2D eigenvalue weighted by Gasteiger charge is 2.42. The van der Waals surface area contributed by atoms with Gasteiger partial charge in [0.05, 0.1) is 18.2 Å². The molecule has 1 saturated carbocycles. The van der Waals surface area contributed by atoms with Gasteiger partial charge in [-0.1, -0.05) is 18.9 Å². The Balaban J connectivity index is 1.63. The second-order valence-corrected chi connectivity index (χ2v) is 5.94. The van der Waals surface area contributed by atoms with E-state index in [2.05, 4.69) is 10.3 Å². The van der Waals surface area contributed by atoms with Gasteiger partial charge >= 0.3 is 0 Å². The molecule has 1 unspecified atom stereocenters. The van der Waals surface area contributed by atoms with Crippen molar-refractivity contribution >= 4 is 11.8 Å². The van der Waals surface area contributed by atoms with Crippen LogP contribution >= 0.6 is 0 Å². The number of pyridine rings is 1. The molecule has 0 bridgehead atoms. The van der Waals surface area contributed by atoms with Crippen LogP contribution in [0.1, 0.15) is 43.4 Å². The lowest BCUT2D eigenvalue weighted by Crippen LogP contribution is -2.42. The van der Waals surface area contributed by atoms with Crippen molar-refractivity contribution < 1.29 is 9.59 Å². The fourth-order valence-corrected chi connectivity index (χ4v) is 3.28. The first kappa shape index (κ1) is 14.2. The van der Waals surface area contributed by atoms with Crippen LogP contribution in [0.3, 0.4) is 0 Å². The van der Waals surface area contributed by atoms with E-state index >= 15 is 0 Å². The van der Waals surface area contributed by atoms with Gasteiger partial charge in [-0.3, -0.25) is 24.8 Å². The van der Waals surface area contributed by atoms with Gasteiger partial charge < -0.3 is 0 Å². The van der Waals surface area contributed by atoms with Crippen molar-refractivity contribution in [3.05, 3.63) is 29.6 Å². The normalized spacial score (nSPS) is 23.3. The quantitative estimate of drug-likeness (QED) is 0.854. The molecule has 1 aromatic rings. The van der Waals surface area contributed by atoms with Gasteiger partial charge in [0.1, 0.15) is 0 Å². The van der Waals surface area contributed by atoms with Crippen LogP contribution in [0.25, 0.3) is 0 Å². The Hall–Kier alpha value is -1.75. The highest BCUT2D eigenvalue weighted by molar-refractivity contribution is 6.05. The SMILES string of the molecule is Cc1cccnc1CNC1CC(=O)N(C2CCCC2)C1=O. The molecule has 1 aliphatic heterocycles. The molecule has 1 atom stereocenters. The molecule has 2 aliphatic rings. The van der Waals surface area contributed by atoms with E-state index < -0.39 is 0 Å². The van der Waals surface area contributed by atoms with Gasteiger partial charge in [-0.2, -0.15) is 0 Å². The molecule has 21 heavy (non-hydrogen) atoms. The van der Waals surface area contributed by atoms with Gasteiger partial charge in [0.15, 0.2) is 0 Å². The van der Waals surface area contributed by atoms with Gasteiger partial charge in [-0.25, -0.2) is 0 Å². The first-order chi connectivity index (χ1) is 10.2. The number of amides is 2. The van der Waals surface area contributed by atoms with E-state index in [-0.39, 0.29) is 30.3 Å². The first-order valence-corrected chi connectivity index (χ1v) is 7.66. The number of nitrogens with zero attached hydrogens (tertiary/aromatic N) is 2. The topological polar surface area (TPSA) is 62.3 Å². The summed E-state index contributed by atoms with van der Waals surface area (Å²) in [6.07, 6.45) is 6.19. The van der Waals surface area contributed by atoms with Crippen LogP contribution in [0.4, 0.5) is 0 Å². The van der Waals surface area contributed by atoms with E-state index in [1.807, 2.05) is 19.1 Å². The molecule has 2 heterocycles. The Morgan fingerprint density at radius 3 is 2.81 bits per heavy atom. The third kappa shape index (κ3) is 2.83. The highest BCUT2D eigenvalue weighted by atomic mass is 16.2. The van der Waals surface area contributed by atoms with E-state index in [0.29, 0.717) is 6.54 Å². The number of likely N-dealkylation sites (tertiary alicyclic amines) is 1. The zero-order chi connectivity index (χ0) is 14.8. The van der Waals surface area contributed by atoms with Crippen molar-refractivity contribution in [2.45, 2.75) is 57.7 Å². The molecule has 1 aromatic heterocycles. The van der Waals surface area contributed by atoms with E-state index in [1.165, 1.54) is 4.90 Å². The van der Waals surface area contributed by atoms with Gasteiger partial charge in [0.25, 0.3) is 0 Å². The maximum absolute atomic E-state index is 12.4. The zero-order valence-corrected chi connectivity index (χ0v) is 12.3. The maximum atomic E-state index is 12.4. The van der Waals surface area contributed by atoms with Crippen LogP contribution in [-0.2, 0) is 16.1 Å². The summed E-state index contributed by atoms with van der Waals surface area (Å²) < 4.78 is 0. The lowest BCUT2D eigenvalue weighted by Gasteiger charge is -2.22. The monoisotopic (exact) mass is 287 g/mol. The second kappa shape index (κ2) is 5.93. The summed E-state index contributed by atoms with van der Waals surface area (Å²) >= 11 is 0. The fraction of sp³-hybridized carbons (Fsp3) is 0.562. The number of hydrogen-bond acceptors (Lipinski definition) is 4. The molecule has 1 N–H and O–H groups in total. The summed E-state index contributed by atoms with van der Waals surface area (Å²) in [4.78, 5) is 30.4. The first-order valence-electron chi connectivity index (χ1n) is 7.66. The van der Waals surface area contributed by atoms with E-state index in [1.54, 1.807) is 6.20 Å². The summed E-state index contributed by atoms with van der Waals surface area (Å²) in [6.45, 7) is 2.52. The number of imide groups is 1. The highest BCUT2D eigenvalue weighted by Crippen LogP contribution is 2.28. The molecule has 2 fully saturated rings. The number of aromatic nitrogens is 1. The zero-order valence-electron chi connectivity index (χ0n) is 12.3. The predicted molar refractivity (Wildman–Crippen MR) is 78.3 cm³/mol. The largest absolute Gasteiger partial charge is 0.300 e. The summed E-state index contributed by atoms with van der Waals surface area (Å²) in [5.41, 5.74) is 2.02. The fourth-order valence-electron chi connectivity index (χ4n) is 3.28. The van der Waals surface area contributed by atoms with Gasteiger partial charge in [-0.15, -0.1) is 0 Å². The van der Waals surface area contributed by atoms with Crippen molar-refractivity contribution in [2.75, 3.05) is 0 Å². The lowest BCUT2D eigenvalue weighted by molar-refractivity contribution is -0.141. The van der Waals surface area contributed by atoms with Gasteiger partial charge in [0.2, 0.25) is 11.8 Å². The average molecular weight is 287 g/mol. The van der Waals surface area contributed by atoms with Gasteiger partial charge in [0, 0.05) is 18.8 Å². The van der Waals surface area contributed by atoms with Crippen LogP contribution in [0.5, 0.6) is 0 Å². The number of hydrogen-bond donors (Lipinski definition) is 1. The number of carbonyl (C=O) groups excluding carboxylic acids is 2. The molecule has 5 nitrogen and oxygen atoms in total. The van der Waals surface area contributed by atoms with Crippen LogP contribution < -0.4 is 5.32 Å². The molecule has 2 amide bonds. The Morgan fingerprint density at radius 2 is 2.10 bits per heavy atom. The maximum Gasteiger partial charge on any atom is 0.247 e. The summed E-state index contributed by atoms with van der Waals surface area (Å²) in [5, 5.41) is 3.20. The minimum absolute atomic E-state index is 0.0258. The smallest absolute Gasteiger partial charge is 0.247 e. The van der Waals surface area contributed by atoms with E-state index in [9.17, 15) is 9.59 Å². The Morgan fingerprint density at radius 1 is 1.33 bits per heavy atom. The molecule has 0 spiro atoms. The molecule has 1 saturated heterocycles. The molecule has 3 rings (SSSR count). The van der Waals surface area contributed by atoms with Crippen LogP contribution in [-0.4, -0.2) is 33.8 Å². The molecule has 5 heteroatoms. The molecular formula is C16H21N3O2. The van der Waals surface area contributed by atoms with E-state index in [0.717, 1.165) is 36.9 Å². The van der Waals surface area contributed by atoms with Crippen LogP contribution in [0.2, 0.25) is 0 Å². The number of rotatable bonds is 4. The van der Waals surface area contributed by atoms with Crippen molar-refractivity contribution in [1.29, 1.82) is 0 Å². The standard InChI is InChI=1S/C16H21N3O2/c1-11-5-4-8-17-14(11)10-18-13-9-15(20)19(16(13)21)12-6-2-3-7-12/h4-5,8,12-13,18H,2-3,6-7,9-10H2,1H3.